The summed E-state index contributed by atoms with van der Waals surface area (Å²) in [4.78, 5) is -0.462. The highest BCUT2D eigenvalue weighted by molar-refractivity contribution is 8.20. The fourth-order valence-electron chi connectivity index (χ4n) is 3.09. The van der Waals surface area contributed by atoms with Crippen LogP contribution in [-0.2, 0) is 0 Å². The molecule has 0 heterocycles. The molecule has 0 spiro atoms. The summed E-state index contributed by atoms with van der Waals surface area (Å²) in [7, 11) is 0. The molecule has 0 saturated heterocycles. The Kier molecular flexibility index (Phi) is 4.82. The van der Waals surface area contributed by atoms with Crippen LogP contribution in [0.15, 0.2) is 29.2 Å². The minimum atomic E-state index is -5.07. The van der Waals surface area contributed by atoms with Gasteiger partial charge in [0.1, 0.15) is 0 Å². The van der Waals surface area contributed by atoms with Gasteiger partial charge in [-0.05, 0) is 55.2 Å². The Hall–Kier alpha value is -0.640. The average Bonchev–Trinajstić information content (AvgIpc) is 2.39. The van der Waals surface area contributed by atoms with Crippen LogP contribution >= 0.6 is 11.2 Å². The Morgan fingerprint density at radius 3 is 2.05 bits per heavy atom. The maximum absolute atomic E-state index is 12.6. The molecule has 0 bridgehead atoms. The summed E-state index contributed by atoms with van der Waals surface area (Å²) in [5, 5.41) is 0. The van der Waals surface area contributed by atoms with Gasteiger partial charge in [-0.15, -0.1) is 11.7 Å². The fraction of sp³-hybridized carbons (Fsp3) is 0.600. The van der Waals surface area contributed by atoms with Crippen LogP contribution in [0.25, 0.3) is 0 Å². The van der Waals surface area contributed by atoms with Gasteiger partial charge in [-0.1, -0.05) is 31.9 Å². The molecule has 1 saturated carbocycles. The zero-order valence-electron chi connectivity index (χ0n) is 11.2. The summed E-state index contributed by atoms with van der Waals surface area (Å²) >= 11 is -5.07. The van der Waals surface area contributed by atoms with E-state index in [1.54, 1.807) is 12.1 Å². The molecular weight excluding hydrogens is 269 g/mol. The summed E-state index contributed by atoms with van der Waals surface area (Å²) < 4.78 is 37.7. The van der Waals surface area contributed by atoms with E-state index in [-0.39, 0.29) is 0 Å². The van der Waals surface area contributed by atoms with Crippen molar-refractivity contribution in [2.75, 3.05) is 0 Å². The third kappa shape index (κ3) is 3.91. The third-order valence-electron chi connectivity index (χ3n) is 4.16. The quantitative estimate of drug-likeness (QED) is 0.587. The highest BCUT2D eigenvalue weighted by Gasteiger charge is 2.25. The molecule has 4 heteroatoms. The van der Waals surface area contributed by atoms with Gasteiger partial charge in [-0.2, -0.15) is 0 Å². The van der Waals surface area contributed by atoms with Gasteiger partial charge in [-0.25, -0.2) is 0 Å². The van der Waals surface area contributed by atoms with Gasteiger partial charge in [0.05, 0.1) is 4.90 Å². The van der Waals surface area contributed by atoms with Crippen molar-refractivity contribution in [3.8, 4) is 0 Å². The number of halogens is 3. The van der Waals surface area contributed by atoms with Crippen LogP contribution in [0.4, 0.5) is 11.7 Å². The number of rotatable bonds is 4. The summed E-state index contributed by atoms with van der Waals surface area (Å²) in [6.45, 7) is 2.21. The van der Waals surface area contributed by atoms with E-state index in [0.29, 0.717) is 5.92 Å². The van der Waals surface area contributed by atoms with Crippen molar-refractivity contribution in [1.29, 1.82) is 0 Å². The van der Waals surface area contributed by atoms with Crippen LogP contribution in [0.1, 0.15) is 56.9 Å². The second kappa shape index (κ2) is 6.21. The molecule has 0 aliphatic heterocycles. The van der Waals surface area contributed by atoms with Crippen molar-refractivity contribution in [2.24, 2.45) is 5.92 Å². The zero-order chi connectivity index (χ0) is 13.9. The standard InChI is InChI=1S/C15H21F3S/c1-2-3-12-4-6-13(7-5-12)14-8-10-15(11-9-14)19(16,17)18/h8-13H,2-7H2,1H3. The molecule has 0 aromatic heterocycles. The van der Waals surface area contributed by atoms with E-state index in [2.05, 4.69) is 6.92 Å². The minimum Gasteiger partial charge on any atom is -0.120 e. The maximum Gasteiger partial charge on any atom is 0.237 e. The van der Waals surface area contributed by atoms with Gasteiger partial charge in [0.2, 0.25) is 11.2 Å². The van der Waals surface area contributed by atoms with Crippen LogP contribution in [0.3, 0.4) is 0 Å². The number of benzene rings is 1. The van der Waals surface area contributed by atoms with Crippen LogP contribution in [0.2, 0.25) is 0 Å². The van der Waals surface area contributed by atoms with Crippen LogP contribution < -0.4 is 0 Å². The van der Waals surface area contributed by atoms with Gasteiger partial charge in [0.25, 0.3) is 0 Å². The zero-order valence-corrected chi connectivity index (χ0v) is 12.1. The predicted octanol–water partition coefficient (Wildman–Crippen LogP) is 6.58. The molecule has 2 rings (SSSR count). The molecule has 0 amide bonds. The normalized spacial score (nSPS) is 25.3. The molecule has 0 N–H and O–H groups in total. The summed E-state index contributed by atoms with van der Waals surface area (Å²) in [6, 6.07) is 5.87. The molecule has 1 fully saturated rings. The van der Waals surface area contributed by atoms with E-state index < -0.39 is 16.1 Å². The van der Waals surface area contributed by atoms with Gasteiger partial charge >= 0.3 is 0 Å². The van der Waals surface area contributed by atoms with Crippen LogP contribution in [0.5, 0.6) is 0 Å². The van der Waals surface area contributed by atoms with E-state index >= 15 is 0 Å². The molecule has 0 atom stereocenters. The van der Waals surface area contributed by atoms with E-state index in [1.807, 2.05) is 0 Å². The molecule has 108 valence electrons. The molecular formula is C15H21F3S. The van der Waals surface area contributed by atoms with Crippen molar-refractivity contribution in [2.45, 2.75) is 56.3 Å². The summed E-state index contributed by atoms with van der Waals surface area (Å²) in [5.41, 5.74) is 1.09. The lowest BCUT2D eigenvalue weighted by Crippen LogP contribution is -2.13. The first-order valence-corrected chi connectivity index (χ1v) is 8.36. The van der Waals surface area contributed by atoms with E-state index in [9.17, 15) is 11.7 Å². The first-order valence-electron chi connectivity index (χ1n) is 7.03. The molecule has 0 nitrogen and oxygen atoms in total. The third-order valence-corrected chi connectivity index (χ3v) is 4.97. The molecule has 19 heavy (non-hydrogen) atoms. The lowest BCUT2D eigenvalue weighted by molar-refractivity contribution is 0.308. The Balaban J connectivity index is 1.97. The van der Waals surface area contributed by atoms with E-state index in [1.165, 1.54) is 37.8 Å². The molecule has 1 aliphatic rings. The van der Waals surface area contributed by atoms with Gasteiger partial charge in [-0.3, -0.25) is 0 Å². The summed E-state index contributed by atoms with van der Waals surface area (Å²) in [5.74, 6) is 1.30. The van der Waals surface area contributed by atoms with Gasteiger partial charge in [0.15, 0.2) is 0 Å². The van der Waals surface area contributed by atoms with Crippen molar-refractivity contribution in [1.82, 2.24) is 0 Å². The van der Waals surface area contributed by atoms with Crippen molar-refractivity contribution in [3.05, 3.63) is 29.8 Å². The largest absolute Gasteiger partial charge is 0.237 e. The second-order valence-corrected chi connectivity index (χ2v) is 6.77. The van der Waals surface area contributed by atoms with Crippen LogP contribution in [0, 0.1) is 5.92 Å². The Labute approximate surface area is 115 Å². The van der Waals surface area contributed by atoms with Crippen molar-refractivity contribution < 1.29 is 11.7 Å². The number of hydrogen-bond acceptors (Lipinski definition) is 0. The molecule has 1 aliphatic carbocycles. The van der Waals surface area contributed by atoms with Gasteiger partial charge < -0.3 is 0 Å². The van der Waals surface area contributed by atoms with E-state index in [0.717, 1.165) is 24.3 Å². The average molecular weight is 290 g/mol. The van der Waals surface area contributed by atoms with Crippen molar-refractivity contribution >= 4 is 11.2 Å². The molecule has 0 radical (unpaired) electrons. The molecule has 1 aromatic rings. The van der Waals surface area contributed by atoms with Crippen molar-refractivity contribution in [3.63, 3.8) is 0 Å². The Morgan fingerprint density at radius 1 is 1.00 bits per heavy atom. The Morgan fingerprint density at radius 2 is 1.58 bits per heavy atom. The topological polar surface area (TPSA) is 0 Å². The minimum absolute atomic E-state index is 0.462. The number of hydrogen-bond donors (Lipinski definition) is 0. The first kappa shape index (κ1) is 14.8. The lowest BCUT2D eigenvalue weighted by atomic mass is 9.77. The SMILES string of the molecule is CCCC1CCC(c2ccc(S(F)(F)F)cc2)CC1. The fourth-order valence-corrected chi connectivity index (χ4v) is 3.53. The highest BCUT2D eigenvalue weighted by Crippen LogP contribution is 2.60. The maximum atomic E-state index is 12.6. The predicted molar refractivity (Wildman–Crippen MR) is 75.2 cm³/mol. The van der Waals surface area contributed by atoms with Crippen LogP contribution in [-0.4, -0.2) is 0 Å². The van der Waals surface area contributed by atoms with E-state index in [4.69, 9.17) is 0 Å². The summed E-state index contributed by atoms with van der Waals surface area (Å²) in [6.07, 6.45) is 7.24. The first-order chi connectivity index (χ1) is 9.00. The molecule has 0 unspecified atom stereocenters. The Bertz CT molecular complexity index is 389. The smallest absolute Gasteiger partial charge is 0.120 e. The molecule has 1 aromatic carbocycles. The van der Waals surface area contributed by atoms with Gasteiger partial charge in [0, 0.05) is 0 Å². The lowest BCUT2D eigenvalue weighted by Gasteiger charge is -2.28. The highest BCUT2D eigenvalue weighted by atomic mass is 32.3. The monoisotopic (exact) mass is 290 g/mol. The second-order valence-electron chi connectivity index (χ2n) is 5.48.